The fourth-order valence-electron chi connectivity index (χ4n) is 2.60. The van der Waals surface area contributed by atoms with Crippen LogP contribution in [0.1, 0.15) is 17.8 Å². The fourth-order valence-corrected chi connectivity index (χ4v) is 3.40. The number of alkyl halides is 3. The van der Waals surface area contributed by atoms with Crippen LogP contribution in [0.25, 0.3) is 11.3 Å². The largest absolute Gasteiger partial charge is 0.497 e. The van der Waals surface area contributed by atoms with E-state index in [0.717, 1.165) is 23.5 Å². The second kappa shape index (κ2) is 10.3. The molecule has 0 aliphatic rings. The van der Waals surface area contributed by atoms with Gasteiger partial charge in [0.2, 0.25) is 5.91 Å². The standard InChI is InChI=1S/C21H19F3N4O2S/c1-30-16-7-5-14(6-8-16)17-12-18(21(22,23)24)28-20(27-17)31-11-9-19(29)26-13-15-4-2-3-10-25-15/h2-8,10,12H,9,11,13H2,1H3,(H,26,29)/p+1. The maximum Gasteiger partial charge on any atom is 0.433 e. The van der Waals surface area contributed by atoms with Gasteiger partial charge in [-0.1, -0.05) is 17.8 Å². The van der Waals surface area contributed by atoms with Gasteiger partial charge in [-0.2, -0.15) is 13.2 Å². The third kappa shape index (κ3) is 6.68. The Balaban J connectivity index is 1.66. The van der Waals surface area contributed by atoms with Gasteiger partial charge in [0.05, 0.1) is 12.8 Å². The number of nitrogens with one attached hydrogen (secondary N) is 2. The van der Waals surface area contributed by atoms with Crippen LogP contribution in [0.4, 0.5) is 13.2 Å². The first-order valence-electron chi connectivity index (χ1n) is 9.31. The van der Waals surface area contributed by atoms with Gasteiger partial charge in [-0.05, 0) is 30.3 Å². The summed E-state index contributed by atoms with van der Waals surface area (Å²) in [4.78, 5) is 22.9. The Morgan fingerprint density at radius 1 is 1.16 bits per heavy atom. The smallest absolute Gasteiger partial charge is 0.433 e. The lowest BCUT2D eigenvalue weighted by Gasteiger charge is -2.11. The van der Waals surface area contributed by atoms with Gasteiger partial charge in [-0.25, -0.2) is 15.0 Å². The van der Waals surface area contributed by atoms with Gasteiger partial charge in [0.25, 0.3) is 0 Å². The summed E-state index contributed by atoms with van der Waals surface area (Å²) in [6, 6.07) is 13.0. The highest BCUT2D eigenvalue weighted by Gasteiger charge is 2.33. The Kier molecular flexibility index (Phi) is 7.45. The number of hydrogen-bond donors (Lipinski definition) is 1. The number of rotatable bonds is 8. The van der Waals surface area contributed by atoms with Crippen molar-refractivity contribution >= 4 is 17.7 Å². The maximum absolute atomic E-state index is 13.3. The zero-order valence-electron chi connectivity index (χ0n) is 16.6. The molecule has 162 valence electrons. The van der Waals surface area contributed by atoms with Crippen molar-refractivity contribution in [3.8, 4) is 17.0 Å². The molecule has 31 heavy (non-hydrogen) atoms. The number of hydrogen-bond acceptors (Lipinski definition) is 5. The van der Waals surface area contributed by atoms with Crippen LogP contribution in [-0.2, 0) is 17.5 Å². The van der Waals surface area contributed by atoms with E-state index in [2.05, 4.69) is 20.3 Å². The summed E-state index contributed by atoms with van der Waals surface area (Å²) in [5, 5.41) is 2.72. The number of amides is 1. The number of H-pyrrole nitrogens is 1. The molecule has 0 radical (unpaired) electrons. The highest BCUT2D eigenvalue weighted by Crippen LogP contribution is 2.32. The van der Waals surface area contributed by atoms with E-state index in [9.17, 15) is 18.0 Å². The fraction of sp³-hybridized carbons (Fsp3) is 0.238. The first-order chi connectivity index (χ1) is 14.8. The second-order valence-corrected chi connectivity index (χ2v) is 7.47. The van der Waals surface area contributed by atoms with Crippen molar-refractivity contribution in [1.29, 1.82) is 0 Å². The average Bonchev–Trinajstić information content (AvgIpc) is 2.78. The molecular weight excluding hydrogens is 429 g/mol. The monoisotopic (exact) mass is 449 g/mol. The molecule has 2 aromatic heterocycles. The van der Waals surface area contributed by atoms with Crippen molar-refractivity contribution in [3.05, 3.63) is 66.1 Å². The molecule has 0 unspecified atom stereocenters. The number of nitrogens with zero attached hydrogens (tertiary/aromatic N) is 2. The molecule has 0 aliphatic carbocycles. The SMILES string of the molecule is COc1ccc(-c2cc(C(F)(F)F)nc(SCCC(=O)NCc3cccc[nH+]3)n2)cc1. The molecule has 3 rings (SSSR count). The van der Waals surface area contributed by atoms with E-state index in [4.69, 9.17) is 4.74 Å². The van der Waals surface area contributed by atoms with Gasteiger partial charge in [0.15, 0.2) is 17.0 Å². The van der Waals surface area contributed by atoms with Crippen LogP contribution < -0.4 is 15.0 Å². The van der Waals surface area contributed by atoms with Gasteiger partial charge in [-0.15, -0.1) is 0 Å². The van der Waals surface area contributed by atoms with E-state index >= 15 is 0 Å². The predicted octanol–water partition coefficient (Wildman–Crippen LogP) is 3.78. The van der Waals surface area contributed by atoms with Gasteiger partial charge in [0.1, 0.15) is 18.0 Å². The van der Waals surface area contributed by atoms with Crippen LogP contribution in [0.5, 0.6) is 5.75 Å². The van der Waals surface area contributed by atoms with E-state index in [1.54, 1.807) is 30.5 Å². The van der Waals surface area contributed by atoms with E-state index in [0.29, 0.717) is 17.9 Å². The summed E-state index contributed by atoms with van der Waals surface area (Å²) >= 11 is 1.00. The van der Waals surface area contributed by atoms with Crippen LogP contribution in [0.2, 0.25) is 0 Å². The number of ether oxygens (including phenoxy) is 1. The molecule has 1 aromatic carbocycles. The normalized spacial score (nSPS) is 11.2. The maximum atomic E-state index is 13.3. The number of halogens is 3. The Morgan fingerprint density at radius 2 is 1.94 bits per heavy atom. The van der Waals surface area contributed by atoms with Crippen molar-refractivity contribution in [2.24, 2.45) is 0 Å². The molecule has 0 saturated heterocycles. The summed E-state index contributed by atoms with van der Waals surface area (Å²) in [5.74, 6) is 0.614. The van der Waals surface area contributed by atoms with Crippen LogP contribution in [0.15, 0.2) is 59.9 Å². The van der Waals surface area contributed by atoms with Crippen molar-refractivity contribution in [2.45, 2.75) is 24.3 Å². The minimum atomic E-state index is -4.61. The zero-order valence-corrected chi connectivity index (χ0v) is 17.4. The molecule has 6 nitrogen and oxygen atoms in total. The molecule has 0 atom stereocenters. The van der Waals surface area contributed by atoms with Gasteiger partial charge in [0, 0.05) is 29.9 Å². The summed E-state index contributed by atoms with van der Waals surface area (Å²) in [7, 11) is 1.50. The number of aromatic amines is 1. The lowest BCUT2D eigenvalue weighted by atomic mass is 10.1. The lowest BCUT2D eigenvalue weighted by Crippen LogP contribution is -2.26. The van der Waals surface area contributed by atoms with Crippen LogP contribution in [0.3, 0.4) is 0 Å². The number of thioether (sulfide) groups is 1. The minimum Gasteiger partial charge on any atom is -0.497 e. The number of carbonyl (C=O) groups is 1. The van der Waals surface area contributed by atoms with Crippen molar-refractivity contribution < 1.29 is 27.7 Å². The lowest BCUT2D eigenvalue weighted by molar-refractivity contribution is -0.390. The highest BCUT2D eigenvalue weighted by atomic mass is 32.2. The van der Waals surface area contributed by atoms with Gasteiger partial charge in [-0.3, -0.25) is 4.79 Å². The number of aromatic nitrogens is 3. The first kappa shape index (κ1) is 22.5. The molecule has 0 fully saturated rings. The molecule has 0 spiro atoms. The van der Waals surface area contributed by atoms with E-state index < -0.39 is 11.9 Å². The third-order valence-corrected chi connectivity index (χ3v) is 5.04. The van der Waals surface area contributed by atoms with Gasteiger partial charge < -0.3 is 10.1 Å². The molecule has 2 N–H and O–H groups in total. The Bertz CT molecular complexity index is 1020. The minimum absolute atomic E-state index is 0.0372. The number of pyridine rings is 1. The summed E-state index contributed by atoms with van der Waals surface area (Å²) in [6.45, 7) is 0.339. The van der Waals surface area contributed by atoms with Crippen LogP contribution in [0, 0.1) is 0 Å². The highest BCUT2D eigenvalue weighted by molar-refractivity contribution is 7.99. The van der Waals surface area contributed by atoms with Crippen molar-refractivity contribution in [3.63, 3.8) is 0 Å². The van der Waals surface area contributed by atoms with E-state index in [-0.39, 0.29) is 28.9 Å². The Hall–Kier alpha value is -3.14. The summed E-state index contributed by atoms with van der Waals surface area (Å²) < 4.78 is 45.0. The first-order valence-corrected chi connectivity index (χ1v) is 10.3. The van der Waals surface area contributed by atoms with Crippen LogP contribution in [-0.4, -0.2) is 28.7 Å². The molecule has 3 aromatic rings. The number of carbonyl (C=O) groups excluding carboxylic acids is 1. The predicted molar refractivity (Wildman–Crippen MR) is 109 cm³/mol. The molecule has 0 saturated carbocycles. The van der Waals surface area contributed by atoms with Gasteiger partial charge >= 0.3 is 6.18 Å². The Labute approximate surface area is 181 Å². The molecule has 0 aliphatic heterocycles. The van der Waals surface area contributed by atoms with Crippen molar-refractivity contribution in [1.82, 2.24) is 15.3 Å². The average molecular weight is 449 g/mol. The quantitative estimate of drug-likeness (QED) is 0.418. The number of benzene rings is 1. The molecular formula is C21H20F3N4O2S+. The van der Waals surface area contributed by atoms with Crippen molar-refractivity contribution in [2.75, 3.05) is 12.9 Å². The van der Waals surface area contributed by atoms with Crippen LogP contribution >= 0.6 is 11.8 Å². The molecule has 1 amide bonds. The summed E-state index contributed by atoms with van der Waals surface area (Å²) in [5.41, 5.74) is 0.470. The molecule has 2 heterocycles. The third-order valence-electron chi connectivity index (χ3n) is 4.19. The molecule has 0 bridgehead atoms. The topological polar surface area (TPSA) is 78.2 Å². The van der Waals surface area contributed by atoms with E-state index in [1.807, 2.05) is 18.2 Å². The number of methoxy groups -OCH3 is 1. The van der Waals surface area contributed by atoms with E-state index in [1.165, 1.54) is 7.11 Å². The zero-order chi connectivity index (χ0) is 22.3. The summed E-state index contributed by atoms with van der Waals surface area (Å²) in [6.07, 6.45) is -2.74. The Morgan fingerprint density at radius 3 is 2.58 bits per heavy atom. The molecule has 10 heteroatoms. The second-order valence-electron chi connectivity index (χ2n) is 6.41.